The van der Waals surface area contributed by atoms with E-state index in [0.29, 0.717) is 58.9 Å². The zero-order valence-corrected chi connectivity index (χ0v) is 16.1. The first-order valence-corrected chi connectivity index (χ1v) is 10.1. The summed E-state index contributed by atoms with van der Waals surface area (Å²) in [6, 6.07) is 0. The highest BCUT2D eigenvalue weighted by Crippen LogP contribution is 2.11. The standard InChI is InChI=1S/C19H33N3O4/c1-2-3-4-5-6-7-8-17(23)20-9-11-21(12-10-20)18(24)19(25)22-13-15-26-16-14-22/h2-16H2,1H3. The van der Waals surface area contributed by atoms with Crippen molar-refractivity contribution in [2.75, 3.05) is 52.5 Å². The second kappa shape index (κ2) is 11.2. The molecule has 0 bridgehead atoms. The summed E-state index contributed by atoms with van der Waals surface area (Å²) < 4.78 is 5.21. The molecule has 2 fully saturated rings. The molecule has 0 aromatic heterocycles. The normalized spacial score (nSPS) is 18.1. The highest BCUT2D eigenvalue weighted by atomic mass is 16.5. The largest absolute Gasteiger partial charge is 0.378 e. The monoisotopic (exact) mass is 367 g/mol. The first-order valence-electron chi connectivity index (χ1n) is 10.1. The molecule has 0 aromatic rings. The molecule has 2 rings (SSSR count). The predicted molar refractivity (Wildman–Crippen MR) is 98.6 cm³/mol. The van der Waals surface area contributed by atoms with Gasteiger partial charge in [0.25, 0.3) is 0 Å². The van der Waals surface area contributed by atoms with E-state index in [-0.39, 0.29) is 5.91 Å². The Balaban J connectivity index is 1.65. The number of carbonyl (C=O) groups is 3. The highest BCUT2D eigenvalue weighted by Gasteiger charge is 2.31. The van der Waals surface area contributed by atoms with Crippen molar-refractivity contribution >= 4 is 17.7 Å². The molecule has 0 saturated carbocycles. The summed E-state index contributed by atoms with van der Waals surface area (Å²) in [6.45, 7) is 6.05. The summed E-state index contributed by atoms with van der Waals surface area (Å²) in [4.78, 5) is 41.9. The molecule has 2 saturated heterocycles. The predicted octanol–water partition coefficient (Wildman–Crippen LogP) is 1.27. The number of nitrogens with zero attached hydrogens (tertiary/aromatic N) is 3. The third kappa shape index (κ3) is 6.27. The number of piperazine rings is 1. The Hall–Kier alpha value is -1.63. The summed E-state index contributed by atoms with van der Waals surface area (Å²) in [7, 11) is 0. The van der Waals surface area contributed by atoms with E-state index in [2.05, 4.69) is 6.92 Å². The first kappa shape index (κ1) is 20.7. The molecule has 2 aliphatic rings. The molecule has 7 heteroatoms. The van der Waals surface area contributed by atoms with Gasteiger partial charge in [-0.15, -0.1) is 0 Å². The first-order chi connectivity index (χ1) is 12.6. The summed E-state index contributed by atoms with van der Waals surface area (Å²) >= 11 is 0. The average molecular weight is 367 g/mol. The van der Waals surface area contributed by atoms with E-state index in [4.69, 9.17) is 4.74 Å². The highest BCUT2D eigenvalue weighted by molar-refractivity contribution is 6.34. The van der Waals surface area contributed by atoms with E-state index in [9.17, 15) is 14.4 Å². The lowest BCUT2D eigenvalue weighted by molar-refractivity contribution is -0.155. The van der Waals surface area contributed by atoms with E-state index in [1.807, 2.05) is 4.90 Å². The lowest BCUT2D eigenvalue weighted by atomic mass is 10.1. The van der Waals surface area contributed by atoms with E-state index in [1.54, 1.807) is 9.80 Å². The molecule has 0 aliphatic carbocycles. The van der Waals surface area contributed by atoms with Crippen LogP contribution in [0.15, 0.2) is 0 Å². The Kier molecular flexibility index (Phi) is 8.88. The fourth-order valence-corrected chi connectivity index (χ4v) is 3.41. The van der Waals surface area contributed by atoms with Crippen molar-refractivity contribution < 1.29 is 19.1 Å². The summed E-state index contributed by atoms with van der Waals surface area (Å²) in [6.07, 6.45) is 7.60. The van der Waals surface area contributed by atoms with Gasteiger partial charge in [-0.1, -0.05) is 39.0 Å². The lowest BCUT2D eigenvalue weighted by Gasteiger charge is -2.36. The minimum Gasteiger partial charge on any atom is -0.378 e. The van der Waals surface area contributed by atoms with Gasteiger partial charge in [0.2, 0.25) is 5.91 Å². The van der Waals surface area contributed by atoms with Gasteiger partial charge in [0.1, 0.15) is 0 Å². The SMILES string of the molecule is CCCCCCCCC(=O)N1CCN(C(=O)C(=O)N2CCOCC2)CC1. The maximum atomic E-state index is 12.4. The Morgan fingerprint density at radius 2 is 1.19 bits per heavy atom. The Labute approximate surface area is 156 Å². The van der Waals surface area contributed by atoms with Crippen LogP contribution in [0.1, 0.15) is 51.9 Å². The molecule has 7 nitrogen and oxygen atoms in total. The van der Waals surface area contributed by atoms with Crippen molar-refractivity contribution in [2.45, 2.75) is 51.9 Å². The number of hydrogen-bond donors (Lipinski definition) is 0. The van der Waals surface area contributed by atoms with Crippen molar-refractivity contribution in [3.63, 3.8) is 0 Å². The van der Waals surface area contributed by atoms with Gasteiger partial charge in [-0.2, -0.15) is 0 Å². The molecule has 148 valence electrons. The Bertz CT molecular complexity index is 469. The second-order valence-corrected chi connectivity index (χ2v) is 7.10. The van der Waals surface area contributed by atoms with E-state index >= 15 is 0 Å². The molecule has 0 radical (unpaired) electrons. The van der Waals surface area contributed by atoms with Crippen LogP contribution < -0.4 is 0 Å². The van der Waals surface area contributed by atoms with Gasteiger partial charge in [-0.05, 0) is 6.42 Å². The lowest BCUT2D eigenvalue weighted by Crippen LogP contribution is -2.55. The quantitative estimate of drug-likeness (QED) is 0.502. The van der Waals surface area contributed by atoms with Gasteiger partial charge in [0.15, 0.2) is 0 Å². The number of hydrogen-bond acceptors (Lipinski definition) is 4. The smallest absolute Gasteiger partial charge is 0.312 e. The van der Waals surface area contributed by atoms with Crippen LogP contribution in [-0.4, -0.2) is 84.9 Å². The Morgan fingerprint density at radius 3 is 1.81 bits per heavy atom. The fraction of sp³-hybridized carbons (Fsp3) is 0.842. The molecule has 0 spiro atoms. The van der Waals surface area contributed by atoms with Gasteiger partial charge in [0, 0.05) is 45.7 Å². The minimum absolute atomic E-state index is 0.173. The molecule has 26 heavy (non-hydrogen) atoms. The van der Waals surface area contributed by atoms with Crippen LogP contribution in [0.2, 0.25) is 0 Å². The maximum Gasteiger partial charge on any atom is 0.312 e. The third-order valence-corrected chi connectivity index (χ3v) is 5.15. The summed E-state index contributed by atoms with van der Waals surface area (Å²) in [5.41, 5.74) is 0. The number of amides is 3. The van der Waals surface area contributed by atoms with E-state index < -0.39 is 11.8 Å². The number of rotatable bonds is 7. The fourth-order valence-electron chi connectivity index (χ4n) is 3.41. The van der Waals surface area contributed by atoms with Gasteiger partial charge in [-0.3, -0.25) is 14.4 Å². The van der Waals surface area contributed by atoms with Crippen LogP contribution in [0.3, 0.4) is 0 Å². The molecular formula is C19H33N3O4. The van der Waals surface area contributed by atoms with Crippen molar-refractivity contribution in [1.29, 1.82) is 0 Å². The van der Waals surface area contributed by atoms with Crippen molar-refractivity contribution in [3.8, 4) is 0 Å². The molecule has 0 unspecified atom stereocenters. The summed E-state index contributed by atoms with van der Waals surface area (Å²) in [5, 5.41) is 0. The molecule has 3 amide bonds. The van der Waals surface area contributed by atoms with Gasteiger partial charge in [-0.25, -0.2) is 0 Å². The van der Waals surface area contributed by atoms with Gasteiger partial charge >= 0.3 is 11.8 Å². The molecule has 0 N–H and O–H groups in total. The van der Waals surface area contributed by atoms with Crippen LogP contribution in [0.4, 0.5) is 0 Å². The molecule has 2 heterocycles. The van der Waals surface area contributed by atoms with Crippen LogP contribution in [0.5, 0.6) is 0 Å². The van der Waals surface area contributed by atoms with Crippen LogP contribution in [-0.2, 0) is 19.1 Å². The van der Waals surface area contributed by atoms with Gasteiger partial charge in [0.05, 0.1) is 13.2 Å². The number of ether oxygens (including phenoxy) is 1. The summed E-state index contributed by atoms with van der Waals surface area (Å²) in [5.74, 6) is -0.720. The van der Waals surface area contributed by atoms with Crippen LogP contribution in [0.25, 0.3) is 0 Å². The number of morpholine rings is 1. The molecule has 0 aromatic carbocycles. The number of unbranched alkanes of at least 4 members (excludes halogenated alkanes) is 5. The average Bonchev–Trinajstić information content (AvgIpc) is 2.70. The zero-order chi connectivity index (χ0) is 18.8. The minimum atomic E-state index is -0.449. The van der Waals surface area contributed by atoms with E-state index in [1.165, 1.54) is 25.7 Å². The van der Waals surface area contributed by atoms with Crippen LogP contribution >= 0.6 is 0 Å². The van der Waals surface area contributed by atoms with Crippen molar-refractivity contribution in [2.24, 2.45) is 0 Å². The number of carbonyl (C=O) groups excluding carboxylic acids is 3. The maximum absolute atomic E-state index is 12.4. The molecule has 0 atom stereocenters. The zero-order valence-electron chi connectivity index (χ0n) is 16.1. The second-order valence-electron chi connectivity index (χ2n) is 7.10. The van der Waals surface area contributed by atoms with Gasteiger partial charge < -0.3 is 19.4 Å². The van der Waals surface area contributed by atoms with Crippen molar-refractivity contribution in [1.82, 2.24) is 14.7 Å². The van der Waals surface area contributed by atoms with E-state index in [0.717, 1.165) is 12.8 Å². The van der Waals surface area contributed by atoms with Crippen LogP contribution in [0, 0.1) is 0 Å². The molecule has 2 aliphatic heterocycles. The van der Waals surface area contributed by atoms with Crippen molar-refractivity contribution in [3.05, 3.63) is 0 Å². The topological polar surface area (TPSA) is 70.2 Å². The molecular weight excluding hydrogens is 334 g/mol. The third-order valence-electron chi connectivity index (χ3n) is 5.15. The Morgan fingerprint density at radius 1 is 0.692 bits per heavy atom.